The van der Waals surface area contributed by atoms with Crippen LogP contribution in [0, 0.1) is 11.8 Å². The summed E-state index contributed by atoms with van der Waals surface area (Å²) in [5.74, 6) is -1.06. The van der Waals surface area contributed by atoms with Crippen LogP contribution in [0.4, 0.5) is 0 Å². The van der Waals surface area contributed by atoms with E-state index in [-0.39, 0.29) is 48.9 Å². The van der Waals surface area contributed by atoms with Crippen LogP contribution in [0.5, 0.6) is 0 Å². The van der Waals surface area contributed by atoms with E-state index in [4.69, 9.17) is 18.9 Å². The number of hydrogen-bond donors (Lipinski definition) is 0. The number of rotatable bonds is 12. The Morgan fingerprint density at radius 3 is 2.65 bits per heavy atom. The molecule has 2 fully saturated rings. The minimum atomic E-state index is -0.362. The van der Waals surface area contributed by atoms with Crippen molar-refractivity contribution in [2.45, 2.75) is 83.4 Å². The fourth-order valence-corrected chi connectivity index (χ4v) is 4.64. The highest BCUT2D eigenvalue weighted by Crippen LogP contribution is 2.39. The Morgan fingerprint density at radius 2 is 1.94 bits per heavy atom. The highest BCUT2D eigenvalue weighted by atomic mass is 16.7. The second-order valence-electron chi connectivity index (χ2n) is 8.98. The molecule has 1 aliphatic carbocycles. The SMILES string of the molecule is CC(=O)O[C@H]1C[C@@H](O[C@@H]2CCCCO2)[C@H](C=O)[C@H]1C/C=C\CCCC(=O)OCc1ccccc1. The molecule has 1 saturated carbocycles. The lowest BCUT2D eigenvalue weighted by Gasteiger charge is -2.27. The number of allylic oxidation sites excluding steroid dienone is 2. The molecular formula is C27H36O7. The van der Waals surface area contributed by atoms with Gasteiger partial charge in [0, 0.05) is 38.2 Å². The van der Waals surface area contributed by atoms with Crippen molar-refractivity contribution in [3.63, 3.8) is 0 Å². The number of unbranched alkanes of at least 4 members (excludes halogenated alkanes) is 1. The first-order valence-corrected chi connectivity index (χ1v) is 12.3. The van der Waals surface area contributed by atoms with Crippen LogP contribution >= 0.6 is 0 Å². The Morgan fingerprint density at radius 1 is 1.12 bits per heavy atom. The topological polar surface area (TPSA) is 88.1 Å². The summed E-state index contributed by atoms with van der Waals surface area (Å²) in [6, 6.07) is 9.60. The highest BCUT2D eigenvalue weighted by molar-refractivity contribution is 5.69. The molecule has 1 saturated heterocycles. The van der Waals surface area contributed by atoms with E-state index in [1.165, 1.54) is 6.92 Å². The van der Waals surface area contributed by atoms with Crippen LogP contribution in [0.3, 0.4) is 0 Å². The van der Waals surface area contributed by atoms with Crippen molar-refractivity contribution in [2.75, 3.05) is 6.61 Å². The zero-order chi connectivity index (χ0) is 24.2. The van der Waals surface area contributed by atoms with Crippen molar-refractivity contribution in [1.82, 2.24) is 0 Å². The maximum absolute atomic E-state index is 11.9. The van der Waals surface area contributed by atoms with Gasteiger partial charge in [0.15, 0.2) is 6.29 Å². The van der Waals surface area contributed by atoms with E-state index >= 15 is 0 Å². The van der Waals surface area contributed by atoms with Crippen molar-refractivity contribution in [2.24, 2.45) is 11.8 Å². The van der Waals surface area contributed by atoms with Crippen molar-refractivity contribution >= 4 is 18.2 Å². The molecule has 7 heteroatoms. The molecule has 0 N–H and O–H groups in total. The number of esters is 2. The van der Waals surface area contributed by atoms with Crippen LogP contribution in [0.2, 0.25) is 0 Å². The fraction of sp³-hybridized carbons (Fsp3) is 0.593. The average molecular weight is 473 g/mol. The van der Waals surface area contributed by atoms with E-state index in [1.807, 2.05) is 42.5 Å². The van der Waals surface area contributed by atoms with E-state index < -0.39 is 0 Å². The molecule has 1 heterocycles. The third-order valence-corrected chi connectivity index (χ3v) is 6.37. The summed E-state index contributed by atoms with van der Waals surface area (Å²) in [4.78, 5) is 35.5. The molecule has 34 heavy (non-hydrogen) atoms. The van der Waals surface area contributed by atoms with Gasteiger partial charge < -0.3 is 23.7 Å². The number of hydrogen-bond acceptors (Lipinski definition) is 7. The molecule has 5 atom stereocenters. The summed E-state index contributed by atoms with van der Waals surface area (Å²) >= 11 is 0. The quantitative estimate of drug-likeness (QED) is 0.191. The molecule has 0 unspecified atom stereocenters. The summed E-state index contributed by atoms with van der Waals surface area (Å²) in [5.41, 5.74) is 0.969. The highest BCUT2D eigenvalue weighted by Gasteiger charge is 2.46. The van der Waals surface area contributed by atoms with Gasteiger partial charge in [0.1, 0.15) is 19.0 Å². The molecule has 0 bridgehead atoms. The smallest absolute Gasteiger partial charge is 0.306 e. The minimum Gasteiger partial charge on any atom is -0.462 e. The zero-order valence-corrected chi connectivity index (χ0v) is 19.9. The number of ether oxygens (including phenoxy) is 4. The van der Waals surface area contributed by atoms with Gasteiger partial charge in [-0.15, -0.1) is 0 Å². The number of aldehydes is 1. The summed E-state index contributed by atoms with van der Waals surface area (Å²) in [5, 5.41) is 0. The van der Waals surface area contributed by atoms with Gasteiger partial charge in [-0.05, 0) is 44.1 Å². The molecule has 0 aromatic heterocycles. The summed E-state index contributed by atoms with van der Waals surface area (Å²) < 4.78 is 22.6. The molecule has 7 nitrogen and oxygen atoms in total. The molecule has 2 aliphatic rings. The van der Waals surface area contributed by atoms with E-state index in [1.54, 1.807) is 0 Å². The average Bonchev–Trinajstić information content (AvgIpc) is 3.16. The monoisotopic (exact) mass is 472 g/mol. The third-order valence-electron chi connectivity index (χ3n) is 6.37. The van der Waals surface area contributed by atoms with Gasteiger partial charge in [-0.2, -0.15) is 0 Å². The van der Waals surface area contributed by atoms with E-state index in [0.717, 1.165) is 37.5 Å². The second kappa shape index (κ2) is 14.0. The maximum Gasteiger partial charge on any atom is 0.306 e. The fourth-order valence-electron chi connectivity index (χ4n) is 4.64. The Bertz CT molecular complexity index is 800. The number of carbonyl (C=O) groups is 3. The van der Waals surface area contributed by atoms with Crippen LogP contribution in [-0.4, -0.2) is 43.3 Å². The van der Waals surface area contributed by atoms with Crippen molar-refractivity contribution < 1.29 is 33.3 Å². The minimum absolute atomic E-state index is 0.137. The largest absolute Gasteiger partial charge is 0.462 e. The van der Waals surface area contributed by atoms with E-state index in [9.17, 15) is 14.4 Å². The van der Waals surface area contributed by atoms with E-state index in [2.05, 4.69) is 0 Å². The summed E-state index contributed by atoms with van der Waals surface area (Å²) in [7, 11) is 0. The van der Waals surface area contributed by atoms with Crippen molar-refractivity contribution in [3.8, 4) is 0 Å². The van der Waals surface area contributed by atoms with Crippen LogP contribution in [0.25, 0.3) is 0 Å². The van der Waals surface area contributed by atoms with Gasteiger partial charge in [-0.1, -0.05) is 42.5 Å². The van der Waals surface area contributed by atoms with Gasteiger partial charge in [0.25, 0.3) is 0 Å². The van der Waals surface area contributed by atoms with Gasteiger partial charge in [0.2, 0.25) is 0 Å². The zero-order valence-electron chi connectivity index (χ0n) is 19.9. The number of benzene rings is 1. The Labute approximate surface area is 201 Å². The standard InChI is InChI=1S/C27H36O7/c1-20(29)33-24-17-25(34-27-15-9-10-16-31-27)23(18-28)22(24)13-7-2-3-8-14-26(30)32-19-21-11-5-4-6-12-21/h2,4-7,11-12,18,22-25,27H,3,8-10,13-17,19H2,1H3/b7-2-/t22-,23-,24+,25-,27-/m1/s1. The maximum atomic E-state index is 11.9. The Kier molecular flexibility index (Phi) is 10.8. The van der Waals surface area contributed by atoms with Gasteiger partial charge >= 0.3 is 11.9 Å². The van der Waals surface area contributed by atoms with Crippen LogP contribution < -0.4 is 0 Å². The molecule has 0 spiro atoms. The first kappa shape index (κ1) is 26.1. The summed E-state index contributed by atoms with van der Waals surface area (Å²) in [6.45, 7) is 2.34. The molecule has 0 amide bonds. The van der Waals surface area contributed by atoms with Crippen LogP contribution in [0.1, 0.15) is 63.9 Å². The first-order chi connectivity index (χ1) is 16.6. The van der Waals surface area contributed by atoms with Gasteiger partial charge in [-0.3, -0.25) is 9.59 Å². The summed E-state index contributed by atoms with van der Waals surface area (Å²) in [6.07, 6.45) is 9.72. The molecule has 1 aromatic rings. The van der Waals surface area contributed by atoms with Gasteiger partial charge in [0.05, 0.1) is 6.10 Å². The molecule has 3 rings (SSSR count). The lowest BCUT2D eigenvalue weighted by Crippen LogP contribution is -2.32. The molecule has 186 valence electrons. The Balaban J connectivity index is 1.43. The lowest BCUT2D eigenvalue weighted by molar-refractivity contribution is -0.195. The van der Waals surface area contributed by atoms with Crippen LogP contribution in [-0.2, 0) is 39.9 Å². The third kappa shape index (κ3) is 8.37. The Hall–Kier alpha value is -2.51. The number of carbonyl (C=O) groups excluding carboxylic acids is 3. The molecule has 1 aromatic carbocycles. The van der Waals surface area contributed by atoms with Crippen molar-refractivity contribution in [1.29, 1.82) is 0 Å². The van der Waals surface area contributed by atoms with Gasteiger partial charge in [-0.25, -0.2) is 0 Å². The van der Waals surface area contributed by atoms with E-state index in [0.29, 0.717) is 32.3 Å². The molecule has 1 aliphatic heterocycles. The van der Waals surface area contributed by atoms with Crippen molar-refractivity contribution in [3.05, 3.63) is 48.0 Å². The van der Waals surface area contributed by atoms with Crippen LogP contribution in [0.15, 0.2) is 42.5 Å². The molecule has 0 radical (unpaired) electrons. The molecular weight excluding hydrogens is 436 g/mol. The second-order valence-corrected chi connectivity index (χ2v) is 8.98. The predicted molar refractivity (Wildman–Crippen MR) is 126 cm³/mol. The normalized spacial score (nSPS) is 26.9. The first-order valence-electron chi connectivity index (χ1n) is 12.3. The lowest BCUT2D eigenvalue weighted by atomic mass is 9.91. The predicted octanol–water partition coefficient (Wildman–Crippen LogP) is 4.52.